The number of rotatable bonds is 4. The monoisotopic (exact) mass is 321 g/mol. The number of hydrogen-bond donors (Lipinski definition) is 1. The van der Waals surface area contributed by atoms with Gasteiger partial charge in [-0.1, -0.05) is 24.3 Å². The highest BCUT2D eigenvalue weighted by Crippen LogP contribution is 2.19. The Morgan fingerprint density at radius 1 is 1.04 bits per heavy atom. The summed E-state index contributed by atoms with van der Waals surface area (Å²) in [4.78, 5) is 15.4. The van der Waals surface area contributed by atoms with Crippen molar-refractivity contribution in [1.82, 2.24) is 15.0 Å². The van der Waals surface area contributed by atoms with Gasteiger partial charge in [0.2, 0.25) is 0 Å². The molecule has 0 bridgehead atoms. The van der Waals surface area contributed by atoms with Gasteiger partial charge in [0.1, 0.15) is 18.0 Å². The van der Waals surface area contributed by atoms with Crippen molar-refractivity contribution < 1.29 is 4.74 Å². The highest BCUT2D eigenvalue weighted by Gasteiger charge is 2.13. The van der Waals surface area contributed by atoms with E-state index >= 15 is 0 Å². The van der Waals surface area contributed by atoms with Gasteiger partial charge in [0, 0.05) is 37.3 Å². The largest absolute Gasteiger partial charge is 0.378 e. The third-order valence-electron chi connectivity index (χ3n) is 4.16. The number of fused-ring (bicyclic) bond motifs is 1. The number of pyridine rings is 1. The van der Waals surface area contributed by atoms with Crippen molar-refractivity contribution >= 4 is 22.5 Å². The number of anilines is 2. The Kier molecular flexibility index (Phi) is 4.20. The van der Waals surface area contributed by atoms with Gasteiger partial charge in [0.25, 0.3) is 0 Å². The fraction of sp³-hybridized carbons (Fsp3) is 0.278. The molecular formula is C18H19N5O. The minimum atomic E-state index is 0.675. The first-order valence-electron chi connectivity index (χ1n) is 8.11. The second kappa shape index (κ2) is 6.80. The molecule has 3 aromatic rings. The normalized spacial score (nSPS) is 14.8. The van der Waals surface area contributed by atoms with Crippen molar-refractivity contribution in [2.45, 2.75) is 6.54 Å². The summed E-state index contributed by atoms with van der Waals surface area (Å²) in [5, 5.41) is 4.53. The Morgan fingerprint density at radius 3 is 2.83 bits per heavy atom. The number of benzene rings is 1. The van der Waals surface area contributed by atoms with Gasteiger partial charge in [0.05, 0.1) is 18.7 Å². The maximum Gasteiger partial charge on any atom is 0.134 e. The number of aromatic nitrogens is 3. The van der Waals surface area contributed by atoms with Gasteiger partial charge in [0.15, 0.2) is 0 Å². The van der Waals surface area contributed by atoms with Crippen LogP contribution in [0.1, 0.15) is 5.56 Å². The Labute approximate surface area is 140 Å². The van der Waals surface area contributed by atoms with E-state index in [-0.39, 0.29) is 0 Å². The summed E-state index contributed by atoms with van der Waals surface area (Å²) < 4.78 is 5.39. The molecule has 1 N–H and O–H groups in total. The molecule has 0 unspecified atom stereocenters. The zero-order valence-corrected chi connectivity index (χ0v) is 13.4. The molecule has 1 fully saturated rings. The Morgan fingerprint density at radius 2 is 1.92 bits per heavy atom. The summed E-state index contributed by atoms with van der Waals surface area (Å²) >= 11 is 0. The highest BCUT2D eigenvalue weighted by atomic mass is 16.5. The van der Waals surface area contributed by atoms with Gasteiger partial charge in [-0.25, -0.2) is 9.97 Å². The average molecular weight is 321 g/mol. The second-order valence-electron chi connectivity index (χ2n) is 5.71. The average Bonchev–Trinajstić information content (AvgIpc) is 2.67. The van der Waals surface area contributed by atoms with Crippen LogP contribution in [0.25, 0.3) is 10.9 Å². The summed E-state index contributed by atoms with van der Waals surface area (Å²) in [7, 11) is 0. The number of nitrogens with zero attached hydrogens (tertiary/aromatic N) is 4. The van der Waals surface area contributed by atoms with Gasteiger partial charge in [-0.05, 0) is 11.6 Å². The second-order valence-corrected chi connectivity index (χ2v) is 5.71. The first-order valence-corrected chi connectivity index (χ1v) is 8.11. The molecule has 0 saturated carbocycles. The van der Waals surface area contributed by atoms with E-state index in [0.29, 0.717) is 6.54 Å². The van der Waals surface area contributed by atoms with Crippen LogP contribution in [-0.2, 0) is 11.3 Å². The van der Waals surface area contributed by atoms with E-state index in [4.69, 9.17) is 4.74 Å². The van der Waals surface area contributed by atoms with Crippen LogP contribution < -0.4 is 10.2 Å². The smallest absolute Gasteiger partial charge is 0.134 e. The van der Waals surface area contributed by atoms with Crippen LogP contribution in [0.2, 0.25) is 0 Å². The molecule has 122 valence electrons. The van der Waals surface area contributed by atoms with E-state index < -0.39 is 0 Å². The van der Waals surface area contributed by atoms with Gasteiger partial charge in [-0.2, -0.15) is 0 Å². The summed E-state index contributed by atoms with van der Waals surface area (Å²) in [5.74, 6) is 1.76. The lowest BCUT2D eigenvalue weighted by molar-refractivity contribution is 0.122. The van der Waals surface area contributed by atoms with Crippen molar-refractivity contribution in [2.75, 3.05) is 36.5 Å². The lowest BCUT2D eigenvalue weighted by Crippen LogP contribution is -2.36. The van der Waals surface area contributed by atoms with Crippen molar-refractivity contribution in [3.8, 4) is 0 Å². The summed E-state index contributed by atoms with van der Waals surface area (Å²) in [5.41, 5.74) is 2.18. The van der Waals surface area contributed by atoms with Gasteiger partial charge in [-0.15, -0.1) is 0 Å². The lowest BCUT2D eigenvalue weighted by atomic mass is 10.1. The maximum absolute atomic E-state index is 5.39. The maximum atomic E-state index is 5.39. The summed E-state index contributed by atoms with van der Waals surface area (Å²) in [6.07, 6.45) is 3.43. The third kappa shape index (κ3) is 3.14. The van der Waals surface area contributed by atoms with Gasteiger partial charge < -0.3 is 15.0 Å². The molecule has 1 aliphatic heterocycles. The molecule has 0 radical (unpaired) electrons. The third-order valence-corrected chi connectivity index (χ3v) is 4.16. The van der Waals surface area contributed by atoms with Crippen LogP contribution in [-0.4, -0.2) is 41.3 Å². The fourth-order valence-corrected chi connectivity index (χ4v) is 2.90. The quantitative estimate of drug-likeness (QED) is 0.796. The number of ether oxygens (including phenoxy) is 1. The number of nitrogens with one attached hydrogen (secondary N) is 1. The molecule has 1 aliphatic rings. The topological polar surface area (TPSA) is 63.2 Å². The molecule has 0 amide bonds. The number of morpholine rings is 1. The summed E-state index contributed by atoms with van der Waals surface area (Å²) in [6.45, 7) is 3.89. The molecule has 6 nitrogen and oxygen atoms in total. The van der Waals surface area contributed by atoms with Crippen LogP contribution in [0.4, 0.5) is 11.6 Å². The standard InChI is InChI=1S/C18H19N5O/c1-3-14-5-2-6-19-18(14)15(4-1)12-20-16-11-17(22-13-21-16)23-7-9-24-10-8-23/h1-6,11,13H,7-10,12H2,(H,20,21,22). The lowest BCUT2D eigenvalue weighted by Gasteiger charge is -2.27. The van der Waals surface area contributed by atoms with Crippen molar-refractivity contribution in [1.29, 1.82) is 0 Å². The van der Waals surface area contributed by atoms with Crippen molar-refractivity contribution in [2.24, 2.45) is 0 Å². The van der Waals surface area contributed by atoms with Crippen LogP contribution in [0.15, 0.2) is 48.9 Å². The molecule has 3 heterocycles. The molecule has 4 rings (SSSR count). The molecular weight excluding hydrogens is 302 g/mol. The summed E-state index contributed by atoms with van der Waals surface area (Å²) in [6, 6.07) is 12.2. The van der Waals surface area contributed by atoms with E-state index in [1.54, 1.807) is 6.33 Å². The minimum absolute atomic E-state index is 0.675. The van der Waals surface area contributed by atoms with E-state index in [9.17, 15) is 0 Å². The van der Waals surface area contributed by atoms with Crippen LogP contribution >= 0.6 is 0 Å². The van der Waals surface area contributed by atoms with Crippen LogP contribution in [0.5, 0.6) is 0 Å². The van der Waals surface area contributed by atoms with Crippen LogP contribution in [0, 0.1) is 0 Å². The molecule has 2 aromatic heterocycles. The van der Waals surface area contributed by atoms with Crippen molar-refractivity contribution in [3.63, 3.8) is 0 Å². The Bertz CT molecular complexity index is 827. The first-order chi connectivity index (χ1) is 11.9. The van der Waals surface area contributed by atoms with E-state index in [1.807, 2.05) is 18.3 Å². The van der Waals surface area contributed by atoms with Gasteiger partial charge >= 0.3 is 0 Å². The van der Waals surface area contributed by atoms with Crippen molar-refractivity contribution in [3.05, 3.63) is 54.5 Å². The molecule has 6 heteroatoms. The SMILES string of the molecule is c1cnc2c(CNc3cc(N4CCOCC4)ncn3)cccc2c1. The predicted molar refractivity (Wildman–Crippen MR) is 94.1 cm³/mol. The van der Waals surface area contributed by atoms with Gasteiger partial charge in [-0.3, -0.25) is 4.98 Å². The zero-order valence-electron chi connectivity index (χ0n) is 13.4. The molecule has 1 aromatic carbocycles. The Hall–Kier alpha value is -2.73. The molecule has 1 saturated heterocycles. The van der Waals surface area contributed by atoms with E-state index in [1.165, 1.54) is 0 Å². The van der Waals surface area contributed by atoms with E-state index in [0.717, 1.165) is 54.4 Å². The minimum Gasteiger partial charge on any atom is -0.378 e. The molecule has 0 atom stereocenters. The van der Waals surface area contributed by atoms with E-state index in [2.05, 4.69) is 49.4 Å². The zero-order chi connectivity index (χ0) is 16.2. The number of hydrogen-bond acceptors (Lipinski definition) is 6. The Balaban J connectivity index is 1.51. The predicted octanol–water partition coefficient (Wildman–Crippen LogP) is 2.47. The molecule has 0 aliphatic carbocycles. The molecule has 24 heavy (non-hydrogen) atoms. The first kappa shape index (κ1) is 14.8. The fourth-order valence-electron chi connectivity index (χ4n) is 2.90. The van der Waals surface area contributed by atoms with Crippen LogP contribution in [0.3, 0.4) is 0 Å². The highest BCUT2D eigenvalue weighted by molar-refractivity contribution is 5.81. The molecule has 0 spiro atoms. The number of para-hydroxylation sites is 1.